The molecule has 1 N–H and O–H groups in total. The lowest BCUT2D eigenvalue weighted by atomic mass is 10.00. The minimum absolute atomic E-state index is 0.0961. The standard InChI is InChI=1S/C27H31NO7/c1-16-20(10-17-11-23(31-3)27(33-5)24(12-17)32-4)19-7-6-18(30-2)13-22(19)21(16)14-25(29)28-15-26-34-8-9-35-26/h6-7,10-13,26H,8-9,14-15H2,1-5H3,(H,28,29)/b20-10-. The van der Waals surface area contributed by atoms with Gasteiger partial charge in [-0.05, 0) is 70.7 Å². The fourth-order valence-electron chi connectivity index (χ4n) is 4.41. The number of hydrogen-bond donors (Lipinski definition) is 1. The summed E-state index contributed by atoms with van der Waals surface area (Å²) in [5.41, 5.74) is 5.87. The monoisotopic (exact) mass is 481 g/mol. The number of allylic oxidation sites excluding steroid dienone is 2. The van der Waals surface area contributed by atoms with E-state index in [-0.39, 0.29) is 18.6 Å². The molecule has 8 heteroatoms. The summed E-state index contributed by atoms with van der Waals surface area (Å²) in [5.74, 6) is 2.32. The van der Waals surface area contributed by atoms with Gasteiger partial charge in [0.2, 0.25) is 11.7 Å². The van der Waals surface area contributed by atoms with E-state index in [9.17, 15) is 4.79 Å². The minimum atomic E-state index is -0.388. The third kappa shape index (κ3) is 5.13. The van der Waals surface area contributed by atoms with E-state index >= 15 is 0 Å². The molecule has 0 aromatic heterocycles. The van der Waals surface area contributed by atoms with Crippen molar-refractivity contribution in [1.29, 1.82) is 0 Å². The fraction of sp³-hybridized carbons (Fsp3) is 0.370. The van der Waals surface area contributed by atoms with Gasteiger partial charge in [0.15, 0.2) is 17.8 Å². The van der Waals surface area contributed by atoms with Gasteiger partial charge >= 0.3 is 0 Å². The molecular weight excluding hydrogens is 450 g/mol. The minimum Gasteiger partial charge on any atom is -0.497 e. The van der Waals surface area contributed by atoms with E-state index in [1.54, 1.807) is 28.4 Å². The van der Waals surface area contributed by atoms with Crippen LogP contribution in [0.1, 0.15) is 30.0 Å². The molecule has 0 spiro atoms. The second-order valence-electron chi connectivity index (χ2n) is 8.18. The lowest BCUT2D eigenvalue weighted by Gasteiger charge is -2.13. The van der Waals surface area contributed by atoms with Gasteiger partial charge in [0.25, 0.3) is 0 Å². The van der Waals surface area contributed by atoms with Crippen molar-refractivity contribution in [1.82, 2.24) is 5.32 Å². The molecule has 0 saturated carbocycles. The molecule has 2 aromatic rings. The summed E-state index contributed by atoms with van der Waals surface area (Å²) in [6.45, 7) is 3.45. The maximum absolute atomic E-state index is 12.8. The molecule has 1 heterocycles. The van der Waals surface area contributed by atoms with Crippen LogP contribution in [0.4, 0.5) is 0 Å². The maximum Gasteiger partial charge on any atom is 0.224 e. The Bertz CT molecular complexity index is 1140. The Morgan fingerprint density at radius 1 is 0.971 bits per heavy atom. The molecule has 4 rings (SSSR count). The molecule has 1 aliphatic carbocycles. The average Bonchev–Trinajstić information content (AvgIpc) is 3.49. The first kappa shape index (κ1) is 24.6. The molecule has 1 aliphatic heterocycles. The summed E-state index contributed by atoms with van der Waals surface area (Å²) in [6.07, 6.45) is 1.90. The number of ether oxygens (including phenoxy) is 6. The quantitative estimate of drug-likeness (QED) is 0.581. The van der Waals surface area contributed by atoms with Gasteiger partial charge in [-0.1, -0.05) is 6.07 Å². The SMILES string of the molecule is COc1ccc2c(c1)C(CC(=O)NCC1OCCO1)=C(C)/C2=C/c1cc(OC)c(OC)c(OC)c1. The van der Waals surface area contributed by atoms with Gasteiger partial charge in [-0.15, -0.1) is 0 Å². The first-order chi connectivity index (χ1) is 17.0. The van der Waals surface area contributed by atoms with Gasteiger partial charge < -0.3 is 33.7 Å². The molecule has 186 valence electrons. The van der Waals surface area contributed by atoms with Crippen LogP contribution in [-0.4, -0.2) is 60.4 Å². The average molecular weight is 482 g/mol. The topological polar surface area (TPSA) is 84.5 Å². The Morgan fingerprint density at radius 3 is 2.26 bits per heavy atom. The smallest absolute Gasteiger partial charge is 0.224 e. The molecule has 8 nitrogen and oxygen atoms in total. The number of methoxy groups -OCH3 is 4. The van der Waals surface area contributed by atoms with Crippen LogP contribution in [0.25, 0.3) is 17.2 Å². The molecule has 2 aliphatic rings. The number of fused-ring (bicyclic) bond motifs is 1. The van der Waals surface area contributed by atoms with Crippen molar-refractivity contribution in [3.8, 4) is 23.0 Å². The van der Waals surface area contributed by atoms with Crippen LogP contribution >= 0.6 is 0 Å². The highest BCUT2D eigenvalue weighted by molar-refractivity contribution is 6.08. The van der Waals surface area contributed by atoms with Crippen LogP contribution in [0.5, 0.6) is 23.0 Å². The normalized spacial score (nSPS) is 16.4. The van der Waals surface area contributed by atoms with Crippen molar-refractivity contribution in [2.75, 3.05) is 48.2 Å². The Morgan fingerprint density at radius 2 is 1.66 bits per heavy atom. The molecule has 1 saturated heterocycles. The fourth-order valence-corrected chi connectivity index (χ4v) is 4.41. The number of nitrogens with one attached hydrogen (secondary N) is 1. The van der Waals surface area contributed by atoms with Gasteiger partial charge in [-0.2, -0.15) is 0 Å². The van der Waals surface area contributed by atoms with E-state index in [4.69, 9.17) is 28.4 Å². The molecule has 0 bridgehead atoms. The number of amides is 1. The molecule has 1 amide bonds. The van der Waals surface area contributed by atoms with Gasteiger partial charge in [-0.25, -0.2) is 0 Å². The summed E-state index contributed by atoms with van der Waals surface area (Å²) < 4.78 is 32.8. The Kier molecular flexibility index (Phi) is 7.63. The molecule has 35 heavy (non-hydrogen) atoms. The van der Waals surface area contributed by atoms with Gasteiger partial charge in [0.05, 0.1) is 54.6 Å². The van der Waals surface area contributed by atoms with E-state index in [1.807, 2.05) is 37.3 Å². The van der Waals surface area contributed by atoms with E-state index < -0.39 is 0 Å². The zero-order valence-electron chi connectivity index (χ0n) is 20.7. The van der Waals surface area contributed by atoms with Crippen molar-refractivity contribution in [3.05, 3.63) is 52.6 Å². The largest absolute Gasteiger partial charge is 0.497 e. The van der Waals surface area contributed by atoms with Crippen molar-refractivity contribution in [2.24, 2.45) is 0 Å². The van der Waals surface area contributed by atoms with Gasteiger partial charge in [-0.3, -0.25) is 4.79 Å². The molecular formula is C27H31NO7. The summed E-state index contributed by atoms with van der Waals surface area (Å²) in [7, 11) is 6.39. The number of hydrogen-bond acceptors (Lipinski definition) is 7. The Hall–Kier alpha value is -3.49. The van der Waals surface area contributed by atoms with E-state index in [1.165, 1.54) is 0 Å². The van der Waals surface area contributed by atoms with Crippen LogP contribution in [0.3, 0.4) is 0 Å². The molecule has 1 fully saturated rings. The second kappa shape index (κ2) is 10.8. The highest BCUT2D eigenvalue weighted by Gasteiger charge is 2.27. The zero-order chi connectivity index (χ0) is 24.9. The summed E-state index contributed by atoms with van der Waals surface area (Å²) in [5, 5.41) is 2.92. The highest BCUT2D eigenvalue weighted by atomic mass is 16.7. The van der Waals surface area contributed by atoms with Crippen LogP contribution in [-0.2, 0) is 14.3 Å². The summed E-state index contributed by atoms with van der Waals surface area (Å²) in [6, 6.07) is 9.72. The van der Waals surface area contributed by atoms with Crippen LogP contribution in [0.15, 0.2) is 35.9 Å². The first-order valence-corrected chi connectivity index (χ1v) is 11.4. The molecule has 0 unspecified atom stereocenters. The molecule has 0 atom stereocenters. The second-order valence-corrected chi connectivity index (χ2v) is 8.18. The van der Waals surface area contributed by atoms with Crippen molar-refractivity contribution in [2.45, 2.75) is 19.6 Å². The van der Waals surface area contributed by atoms with Crippen molar-refractivity contribution >= 4 is 23.1 Å². The van der Waals surface area contributed by atoms with Crippen LogP contribution < -0.4 is 24.3 Å². The summed E-state index contributed by atoms with van der Waals surface area (Å²) in [4.78, 5) is 12.8. The number of rotatable bonds is 9. The lowest BCUT2D eigenvalue weighted by Crippen LogP contribution is -2.32. The van der Waals surface area contributed by atoms with Gasteiger partial charge in [0.1, 0.15) is 5.75 Å². The molecule has 2 aromatic carbocycles. The Balaban J connectivity index is 1.70. The predicted molar refractivity (Wildman–Crippen MR) is 133 cm³/mol. The number of benzene rings is 2. The van der Waals surface area contributed by atoms with E-state index in [2.05, 4.69) is 11.4 Å². The highest BCUT2D eigenvalue weighted by Crippen LogP contribution is 2.46. The van der Waals surface area contributed by atoms with Crippen molar-refractivity contribution in [3.63, 3.8) is 0 Å². The third-order valence-electron chi connectivity index (χ3n) is 6.19. The number of carbonyl (C=O) groups excluding carboxylic acids is 1. The lowest BCUT2D eigenvalue weighted by molar-refractivity contribution is -0.122. The Labute approximate surface area is 205 Å². The first-order valence-electron chi connectivity index (χ1n) is 11.4. The van der Waals surface area contributed by atoms with Crippen LogP contribution in [0, 0.1) is 0 Å². The maximum atomic E-state index is 12.8. The number of carbonyl (C=O) groups is 1. The zero-order valence-corrected chi connectivity index (χ0v) is 20.7. The van der Waals surface area contributed by atoms with Crippen LogP contribution in [0.2, 0.25) is 0 Å². The third-order valence-corrected chi connectivity index (χ3v) is 6.19. The van der Waals surface area contributed by atoms with E-state index in [0.29, 0.717) is 37.0 Å². The van der Waals surface area contributed by atoms with Gasteiger partial charge in [0, 0.05) is 0 Å². The summed E-state index contributed by atoms with van der Waals surface area (Å²) >= 11 is 0. The predicted octanol–water partition coefficient (Wildman–Crippen LogP) is 3.93. The molecule has 0 radical (unpaired) electrons. The van der Waals surface area contributed by atoms with E-state index in [0.717, 1.165) is 39.2 Å². The van der Waals surface area contributed by atoms with Crippen molar-refractivity contribution < 1.29 is 33.2 Å².